The van der Waals surface area contributed by atoms with E-state index in [0.29, 0.717) is 11.2 Å². The summed E-state index contributed by atoms with van der Waals surface area (Å²) in [5, 5.41) is 7.02. The molecular formula is C11H14N2OS. The quantitative estimate of drug-likeness (QED) is 0.747. The smallest absolute Gasteiger partial charge is 0.171 e. The van der Waals surface area contributed by atoms with E-state index in [1.54, 1.807) is 0 Å². The van der Waals surface area contributed by atoms with E-state index in [1.807, 2.05) is 30.3 Å². The van der Waals surface area contributed by atoms with Crippen LogP contribution in [0.4, 0.5) is 5.69 Å². The Hall–Kier alpha value is -1.13. The number of rotatable bonds is 2. The highest BCUT2D eigenvalue weighted by Gasteiger charge is 2.15. The molecule has 1 fully saturated rings. The number of nitrogens with one attached hydrogen (secondary N) is 2. The van der Waals surface area contributed by atoms with Crippen molar-refractivity contribution in [1.29, 1.82) is 0 Å². The molecule has 15 heavy (non-hydrogen) atoms. The highest BCUT2D eigenvalue weighted by atomic mass is 32.1. The molecule has 1 aromatic rings. The molecule has 1 heterocycles. The number of anilines is 1. The van der Waals surface area contributed by atoms with Gasteiger partial charge in [-0.05, 0) is 30.8 Å². The van der Waals surface area contributed by atoms with Crippen LogP contribution in [0.25, 0.3) is 0 Å². The number of benzene rings is 1. The van der Waals surface area contributed by atoms with Crippen molar-refractivity contribution in [3.63, 3.8) is 0 Å². The number of para-hydroxylation sites is 1. The average Bonchev–Trinajstić information content (AvgIpc) is 2.71. The Kier molecular flexibility index (Phi) is 3.53. The summed E-state index contributed by atoms with van der Waals surface area (Å²) in [6, 6.07) is 10.3. The highest BCUT2D eigenvalue weighted by molar-refractivity contribution is 7.80. The fraction of sp³-hybridized carbons (Fsp3) is 0.364. The molecule has 4 heteroatoms. The van der Waals surface area contributed by atoms with Crippen LogP contribution >= 0.6 is 12.2 Å². The highest BCUT2D eigenvalue weighted by Crippen LogP contribution is 2.06. The Morgan fingerprint density at radius 1 is 1.33 bits per heavy atom. The summed E-state index contributed by atoms with van der Waals surface area (Å²) in [5.41, 5.74) is 1.01. The van der Waals surface area contributed by atoms with Gasteiger partial charge in [0.25, 0.3) is 0 Å². The predicted molar refractivity (Wildman–Crippen MR) is 65.0 cm³/mol. The summed E-state index contributed by atoms with van der Waals surface area (Å²) < 4.78 is 5.26. The topological polar surface area (TPSA) is 33.3 Å². The summed E-state index contributed by atoms with van der Waals surface area (Å²) in [5.74, 6) is 0. The third kappa shape index (κ3) is 3.18. The molecule has 2 N–H and O–H groups in total. The molecule has 1 aliphatic heterocycles. The van der Waals surface area contributed by atoms with Gasteiger partial charge < -0.3 is 15.4 Å². The fourth-order valence-electron chi connectivity index (χ4n) is 1.52. The van der Waals surface area contributed by atoms with Crippen LogP contribution in [0, 0.1) is 0 Å². The molecule has 0 spiro atoms. The lowest BCUT2D eigenvalue weighted by atomic mass is 10.3. The van der Waals surface area contributed by atoms with E-state index in [0.717, 1.165) is 25.3 Å². The van der Waals surface area contributed by atoms with Crippen LogP contribution in [0.15, 0.2) is 30.3 Å². The normalized spacial score (nSPS) is 19.9. The van der Waals surface area contributed by atoms with Crippen molar-refractivity contribution in [3.05, 3.63) is 30.3 Å². The van der Waals surface area contributed by atoms with Gasteiger partial charge in [-0.2, -0.15) is 0 Å². The lowest BCUT2D eigenvalue weighted by molar-refractivity contribution is 0.192. The van der Waals surface area contributed by atoms with Crippen molar-refractivity contribution in [2.75, 3.05) is 18.5 Å². The van der Waals surface area contributed by atoms with Gasteiger partial charge in [-0.3, -0.25) is 0 Å². The van der Waals surface area contributed by atoms with Crippen molar-refractivity contribution in [1.82, 2.24) is 5.32 Å². The Balaban J connectivity index is 1.82. The summed E-state index contributed by atoms with van der Waals surface area (Å²) >= 11 is 5.19. The van der Waals surface area contributed by atoms with E-state index in [9.17, 15) is 0 Å². The van der Waals surface area contributed by atoms with Crippen LogP contribution < -0.4 is 10.6 Å². The van der Waals surface area contributed by atoms with Gasteiger partial charge in [0, 0.05) is 12.3 Å². The van der Waals surface area contributed by atoms with Gasteiger partial charge in [0.1, 0.15) is 0 Å². The second-order valence-corrected chi connectivity index (χ2v) is 3.93. The van der Waals surface area contributed by atoms with E-state index in [1.165, 1.54) is 0 Å². The molecule has 1 saturated heterocycles. The second kappa shape index (κ2) is 5.09. The first-order valence-corrected chi connectivity index (χ1v) is 5.46. The third-order valence-electron chi connectivity index (χ3n) is 2.30. The molecule has 0 aromatic heterocycles. The number of hydrogen-bond donors (Lipinski definition) is 2. The molecule has 1 atom stereocenters. The monoisotopic (exact) mass is 222 g/mol. The Bertz CT molecular complexity index is 323. The van der Waals surface area contributed by atoms with Crippen molar-refractivity contribution in [2.45, 2.75) is 12.5 Å². The maximum Gasteiger partial charge on any atom is 0.171 e. The maximum atomic E-state index is 5.26. The van der Waals surface area contributed by atoms with Crippen LogP contribution in [0.5, 0.6) is 0 Å². The van der Waals surface area contributed by atoms with Crippen LogP contribution in [0.3, 0.4) is 0 Å². The summed E-state index contributed by atoms with van der Waals surface area (Å²) in [6.07, 6.45) is 1.02. The van der Waals surface area contributed by atoms with Gasteiger partial charge >= 0.3 is 0 Å². The van der Waals surface area contributed by atoms with E-state index < -0.39 is 0 Å². The van der Waals surface area contributed by atoms with Crippen molar-refractivity contribution in [3.8, 4) is 0 Å². The summed E-state index contributed by atoms with van der Waals surface area (Å²) in [7, 11) is 0. The molecule has 0 amide bonds. The second-order valence-electron chi connectivity index (χ2n) is 3.53. The van der Waals surface area contributed by atoms with Gasteiger partial charge in [-0.15, -0.1) is 0 Å². The molecular weight excluding hydrogens is 208 g/mol. The standard InChI is InChI=1S/C11H14N2OS/c15-11(13-10-6-7-14-8-10)12-9-4-2-1-3-5-9/h1-5,10H,6-8H2,(H2,12,13,15). The number of thiocarbonyl (C=S) groups is 1. The van der Waals surface area contributed by atoms with E-state index in [2.05, 4.69) is 10.6 Å². The van der Waals surface area contributed by atoms with Crippen LogP contribution in [-0.2, 0) is 4.74 Å². The average molecular weight is 222 g/mol. The Morgan fingerprint density at radius 2 is 2.13 bits per heavy atom. The van der Waals surface area contributed by atoms with E-state index in [4.69, 9.17) is 17.0 Å². The minimum absolute atomic E-state index is 0.355. The van der Waals surface area contributed by atoms with Crippen LogP contribution in [0.2, 0.25) is 0 Å². The van der Waals surface area contributed by atoms with Gasteiger partial charge in [-0.1, -0.05) is 18.2 Å². The lowest BCUT2D eigenvalue weighted by Crippen LogP contribution is -2.37. The first kappa shape index (κ1) is 10.4. The van der Waals surface area contributed by atoms with Gasteiger partial charge in [0.2, 0.25) is 0 Å². The molecule has 0 bridgehead atoms. The summed E-state index contributed by atoms with van der Waals surface area (Å²) in [6.45, 7) is 1.57. The number of hydrogen-bond acceptors (Lipinski definition) is 2. The molecule has 0 radical (unpaired) electrons. The number of ether oxygens (including phenoxy) is 1. The lowest BCUT2D eigenvalue weighted by Gasteiger charge is -2.14. The summed E-state index contributed by atoms with van der Waals surface area (Å²) in [4.78, 5) is 0. The van der Waals surface area contributed by atoms with E-state index in [-0.39, 0.29) is 0 Å². The predicted octanol–water partition coefficient (Wildman–Crippen LogP) is 1.76. The molecule has 80 valence electrons. The Labute approximate surface area is 94.8 Å². The first-order chi connectivity index (χ1) is 7.34. The van der Waals surface area contributed by atoms with Crippen molar-refractivity contribution in [2.24, 2.45) is 0 Å². The molecule has 3 nitrogen and oxygen atoms in total. The molecule has 1 aliphatic rings. The van der Waals surface area contributed by atoms with E-state index >= 15 is 0 Å². The zero-order valence-corrected chi connectivity index (χ0v) is 9.22. The van der Waals surface area contributed by atoms with Gasteiger partial charge in [0.15, 0.2) is 5.11 Å². The minimum atomic E-state index is 0.355. The molecule has 0 saturated carbocycles. The van der Waals surface area contributed by atoms with Crippen molar-refractivity contribution >= 4 is 23.0 Å². The fourth-order valence-corrected chi connectivity index (χ4v) is 1.81. The molecule has 0 aliphatic carbocycles. The Morgan fingerprint density at radius 3 is 2.80 bits per heavy atom. The maximum absolute atomic E-state index is 5.26. The largest absolute Gasteiger partial charge is 0.379 e. The molecule has 1 unspecified atom stereocenters. The van der Waals surface area contributed by atoms with Gasteiger partial charge in [-0.25, -0.2) is 0 Å². The van der Waals surface area contributed by atoms with Crippen LogP contribution in [-0.4, -0.2) is 24.4 Å². The van der Waals surface area contributed by atoms with Crippen molar-refractivity contribution < 1.29 is 4.74 Å². The van der Waals surface area contributed by atoms with Gasteiger partial charge in [0.05, 0.1) is 12.6 Å². The molecule has 1 aromatic carbocycles. The van der Waals surface area contributed by atoms with Crippen LogP contribution in [0.1, 0.15) is 6.42 Å². The first-order valence-electron chi connectivity index (χ1n) is 5.05. The zero-order valence-electron chi connectivity index (χ0n) is 8.40. The SMILES string of the molecule is S=C(Nc1ccccc1)NC1CCOC1. The molecule has 2 rings (SSSR count). The zero-order chi connectivity index (χ0) is 10.5. The third-order valence-corrected chi connectivity index (χ3v) is 2.52. The minimum Gasteiger partial charge on any atom is -0.379 e.